The Morgan fingerprint density at radius 2 is 1.67 bits per heavy atom. The Labute approximate surface area is 198 Å². The molecule has 0 spiro atoms. The van der Waals surface area contributed by atoms with E-state index in [0.717, 1.165) is 0 Å². The number of amides is 2. The van der Waals surface area contributed by atoms with Gasteiger partial charge in [0.2, 0.25) is 10.0 Å². The van der Waals surface area contributed by atoms with Gasteiger partial charge in [0.1, 0.15) is 5.75 Å². The van der Waals surface area contributed by atoms with E-state index in [1.165, 1.54) is 27.4 Å². The molecule has 0 bridgehead atoms. The maximum atomic E-state index is 13.2. The van der Waals surface area contributed by atoms with Crippen LogP contribution in [0.1, 0.15) is 24.2 Å². The van der Waals surface area contributed by atoms with E-state index in [0.29, 0.717) is 22.9 Å². The highest BCUT2D eigenvalue weighted by molar-refractivity contribution is 7.89. The third-order valence-electron chi connectivity index (χ3n) is 5.01. The van der Waals surface area contributed by atoms with E-state index >= 15 is 0 Å². The summed E-state index contributed by atoms with van der Waals surface area (Å²) in [7, 11) is -3.85. The number of carbonyl (C=O) groups excluding carboxylic acids is 2. The molecule has 9 nitrogen and oxygen atoms in total. The minimum Gasteiger partial charge on any atom is -0.492 e. The minimum atomic E-state index is -3.85. The number of piperazine rings is 1. The van der Waals surface area contributed by atoms with Gasteiger partial charge >= 0.3 is 6.09 Å². The van der Waals surface area contributed by atoms with E-state index in [1.807, 2.05) is 0 Å². The standard InChI is InChI=1S/C22H26ClN3O6S/c1-3-31-20-10-9-18(15-19(20)24-21(27)16-5-7-17(23)8-6-16)33(29,30)26-13-11-25(12-14-26)22(28)32-4-2/h5-10,15H,3-4,11-14H2,1-2H3,(H,24,27). The fourth-order valence-electron chi connectivity index (χ4n) is 3.32. The molecule has 1 heterocycles. The van der Waals surface area contributed by atoms with Gasteiger partial charge in [-0.05, 0) is 56.3 Å². The summed E-state index contributed by atoms with van der Waals surface area (Å²) < 4.78 is 38.3. The van der Waals surface area contributed by atoms with Crippen LogP contribution >= 0.6 is 11.6 Å². The molecule has 2 aromatic rings. The summed E-state index contributed by atoms with van der Waals surface area (Å²) in [4.78, 5) is 26.1. The van der Waals surface area contributed by atoms with Crippen LogP contribution in [-0.4, -0.2) is 69.0 Å². The molecule has 1 fully saturated rings. The second-order valence-corrected chi connectivity index (χ2v) is 9.52. The number of halogens is 1. The van der Waals surface area contributed by atoms with Crippen LogP contribution < -0.4 is 10.1 Å². The Hall–Kier alpha value is -2.82. The first-order chi connectivity index (χ1) is 15.8. The van der Waals surface area contributed by atoms with Crippen LogP contribution in [0.15, 0.2) is 47.4 Å². The van der Waals surface area contributed by atoms with Crippen LogP contribution in [0.2, 0.25) is 5.02 Å². The molecule has 1 aliphatic rings. The lowest BCUT2D eigenvalue weighted by Crippen LogP contribution is -2.50. The van der Waals surface area contributed by atoms with E-state index in [9.17, 15) is 18.0 Å². The summed E-state index contributed by atoms with van der Waals surface area (Å²) in [6.07, 6.45) is -0.456. The first kappa shape index (κ1) is 24.8. The van der Waals surface area contributed by atoms with Crippen molar-refractivity contribution in [3.63, 3.8) is 0 Å². The molecule has 2 aromatic carbocycles. The highest BCUT2D eigenvalue weighted by atomic mass is 35.5. The maximum absolute atomic E-state index is 13.2. The van der Waals surface area contributed by atoms with E-state index in [2.05, 4.69) is 5.32 Å². The van der Waals surface area contributed by atoms with Gasteiger partial charge in [0.25, 0.3) is 5.91 Å². The molecule has 1 aliphatic heterocycles. The lowest BCUT2D eigenvalue weighted by molar-refractivity contribution is 0.0933. The van der Waals surface area contributed by atoms with Crippen molar-refractivity contribution < 1.29 is 27.5 Å². The highest BCUT2D eigenvalue weighted by Crippen LogP contribution is 2.30. The molecule has 11 heteroatoms. The predicted octanol–water partition coefficient (Wildman–Crippen LogP) is 3.45. The molecule has 0 saturated carbocycles. The van der Waals surface area contributed by atoms with E-state index < -0.39 is 22.0 Å². The van der Waals surface area contributed by atoms with Gasteiger partial charge in [-0.15, -0.1) is 0 Å². The quantitative estimate of drug-likeness (QED) is 0.630. The zero-order valence-corrected chi connectivity index (χ0v) is 20.0. The van der Waals surface area contributed by atoms with Gasteiger partial charge in [0.15, 0.2) is 0 Å². The van der Waals surface area contributed by atoms with E-state index in [-0.39, 0.29) is 43.4 Å². The van der Waals surface area contributed by atoms with Crippen molar-refractivity contribution in [3.05, 3.63) is 53.1 Å². The minimum absolute atomic E-state index is 0.0157. The van der Waals surface area contributed by atoms with Gasteiger partial charge in [-0.2, -0.15) is 4.31 Å². The number of hydrogen-bond acceptors (Lipinski definition) is 6. The Morgan fingerprint density at radius 1 is 1.00 bits per heavy atom. The second kappa shape index (κ2) is 10.9. The van der Waals surface area contributed by atoms with Crippen LogP contribution in [0.4, 0.5) is 10.5 Å². The first-order valence-electron chi connectivity index (χ1n) is 10.5. The molecule has 3 rings (SSSR count). The summed E-state index contributed by atoms with van der Waals surface area (Å²) in [5, 5.41) is 3.22. The Bertz CT molecular complexity index is 1100. The molecule has 0 radical (unpaired) electrons. The molecule has 0 unspecified atom stereocenters. The number of hydrogen-bond donors (Lipinski definition) is 1. The van der Waals surface area contributed by atoms with Gasteiger partial charge in [-0.1, -0.05) is 11.6 Å². The van der Waals surface area contributed by atoms with Crippen LogP contribution in [0.25, 0.3) is 0 Å². The maximum Gasteiger partial charge on any atom is 0.409 e. The average Bonchev–Trinajstić information content (AvgIpc) is 2.81. The summed E-state index contributed by atoms with van der Waals surface area (Å²) in [5.74, 6) is -0.0730. The van der Waals surface area contributed by atoms with Crippen molar-refractivity contribution >= 4 is 39.3 Å². The summed E-state index contributed by atoms with van der Waals surface area (Å²) in [5.41, 5.74) is 0.605. The summed E-state index contributed by atoms with van der Waals surface area (Å²) in [6.45, 7) is 4.85. The van der Waals surface area contributed by atoms with Crippen molar-refractivity contribution in [2.24, 2.45) is 0 Å². The molecule has 0 atom stereocenters. The Balaban J connectivity index is 1.81. The van der Waals surface area contributed by atoms with Crippen LogP contribution in [0, 0.1) is 0 Å². The number of nitrogens with zero attached hydrogens (tertiary/aromatic N) is 2. The second-order valence-electron chi connectivity index (χ2n) is 7.14. The monoisotopic (exact) mass is 495 g/mol. The van der Waals surface area contributed by atoms with Crippen molar-refractivity contribution in [2.45, 2.75) is 18.7 Å². The molecule has 0 aliphatic carbocycles. The van der Waals surface area contributed by atoms with Crippen LogP contribution in [-0.2, 0) is 14.8 Å². The number of anilines is 1. The number of benzene rings is 2. The molecule has 1 N–H and O–H groups in total. The molecule has 33 heavy (non-hydrogen) atoms. The summed E-state index contributed by atoms with van der Waals surface area (Å²) in [6, 6.07) is 10.7. The average molecular weight is 496 g/mol. The van der Waals surface area contributed by atoms with Gasteiger partial charge < -0.3 is 19.7 Å². The highest BCUT2D eigenvalue weighted by Gasteiger charge is 2.31. The number of carbonyl (C=O) groups is 2. The van der Waals surface area contributed by atoms with Gasteiger partial charge in [-0.3, -0.25) is 4.79 Å². The van der Waals surface area contributed by atoms with Crippen LogP contribution in [0.5, 0.6) is 5.75 Å². The number of sulfonamides is 1. The lowest BCUT2D eigenvalue weighted by atomic mass is 10.2. The largest absolute Gasteiger partial charge is 0.492 e. The third kappa shape index (κ3) is 5.95. The zero-order chi connectivity index (χ0) is 24.0. The molecule has 178 valence electrons. The number of rotatable bonds is 7. The van der Waals surface area contributed by atoms with Gasteiger partial charge in [0, 0.05) is 36.8 Å². The fourth-order valence-corrected chi connectivity index (χ4v) is 4.89. The van der Waals surface area contributed by atoms with Crippen molar-refractivity contribution in [1.29, 1.82) is 0 Å². The van der Waals surface area contributed by atoms with Crippen molar-refractivity contribution in [3.8, 4) is 5.75 Å². The van der Waals surface area contributed by atoms with Gasteiger partial charge in [0.05, 0.1) is 23.8 Å². The Kier molecular flexibility index (Phi) is 8.17. The first-order valence-corrected chi connectivity index (χ1v) is 12.3. The van der Waals surface area contributed by atoms with E-state index in [4.69, 9.17) is 21.1 Å². The van der Waals surface area contributed by atoms with Crippen molar-refractivity contribution in [2.75, 3.05) is 44.7 Å². The topological polar surface area (TPSA) is 105 Å². The van der Waals surface area contributed by atoms with Gasteiger partial charge in [-0.25, -0.2) is 13.2 Å². The van der Waals surface area contributed by atoms with Crippen LogP contribution in [0.3, 0.4) is 0 Å². The summed E-state index contributed by atoms with van der Waals surface area (Å²) >= 11 is 5.88. The molecular weight excluding hydrogens is 470 g/mol. The molecule has 0 aromatic heterocycles. The van der Waals surface area contributed by atoms with Crippen molar-refractivity contribution in [1.82, 2.24) is 9.21 Å². The molecule has 1 saturated heterocycles. The SMILES string of the molecule is CCOC(=O)N1CCN(S(=O)(=O)c2ccc(OCC)c(NC(=O)c3ccc(Cl)cc3)c2)CC1. The molecular formula is C22H26ClN3O6S. The fraction of sp³-hybridized carbons (Fsp3) is 0.364. The number of nitrogens with one attached hydrogen (secondary N) is 1. The smallest absolute Gasteiger partial charge is 0.409 e. The third-order valence-corrected chi connectivity index (χ3v) is 7.15. The lowest BCUT2D eigenvalue weighted by Gasteiger charge is -2.33. The van der Waals surface area contributed by atoms with E-state index in [1.54, 1.807) is 38.1 Å². The Morgan fingerprint density at radius 3 is 2.27 bits per heavy atom. The predicted molar refractivity (Wildman–Crippen MR) is 124 cm³/mol. The normalized spacial score (nSPS) is 14.6. The number of ether oxygens (including phenoxy) is 2. The zero-order valence-electron chi connectivity index (χ0n) is 18.4. The molecule has 2 amide bonds.